The minimum Gasteiger partial charge on any atom is -0.495 e. The molecule has 0 aromatic heterocycles. The number of carbonyl (C=O) groups is 2. The van der Waals surface area contributed by atoms with Crippen molar-refractivity contribution < 1.29 is 24.0 Å². The molecule has 0 bridgehead atoms. The highest BCUT2D eigenvalue weighted by atomic mass is 35.5. The first-order valence-electron chi connectivity index (χ1n) is 9.45. The third-order valence-corrected chi connectivity index (χ3v) is 4.79. The Labute approximate surface area is 188 Å². The van der Waals surface area contributed by atoms with Crippen LogP contribution in [0.2, 0.25) is 5.02 Å². The lowest BCUT2D eigenvalue weighted by atomic mass is 10.1. The summed E-state index contributed by atoms with van der Waals surface area (Å²) in [5, 5.41) is 14.2. The Hall–Kier alpha value is -3.91. The monoisotopic (exact) mass is 454 g/mol. The van der Waals surface area contributed by atoms with Gasteiger partial charge in [0.15, 0.2) is 0 Å². The van der Waals surface area contributed by atoms with Crippen LogP contribution < -0.4 is 10.1 Å². The van der Waals surface area contributed by atoms with Crippen LogP contribution in [0.4, 0.5) is 11.4 Å². The van der Waals surface area contributed by atoms with Gasteiger partial charge in [0.05, 0.1) is 17.7 Å². The molecule has 1 amide bonds. The molecule has 0 saturated carbocycles. The molecule has 1 unspecified atom stereocenters. The smallest absolute Gasteiger partial charge is 0.346 e. The number of methoxy groups -OCH3 is 1. The van der Waals surface area contributed by atoms with E-state index in [0.717, 1.165) is 11.6 Å². The summed E-state index contributed by atoms with van der Waals surface area (Å²) in [7, 11) is 1.47. The Morgan fingerprint density at radius 2 is 1.78 bits per heavy atom. The van der Waals surface area contributed by atoms with Crippen molar-refractivity contribution in [3.05, 3.63) is 98.6 Å². The number of esters is 1. The van der Waals surface area contributed by atoms with Gasteiger partial charge in [0.2, 0.25) is 6.10 Å². The highest BCUT2D eigenvalue weighted by molar-refractivity contribution is 6.31. The Bertz CT molecular complexity index is 1170. The number of hydrogen-bond acceptors (Lipinski definition) is 6. The maximum absolute atomic E-state index is 13.1. The highest BCUT2D eigenvalue weighted by Crippen LogP contribution is 2.30. The molecule has 9 heteroatoms. The zero-order valence-corrected chi connectivity index (χ0v) is 18.0. The van der Waals surface area contributed by atoms with Crippen molar-refractivity contribution in [3.8, 4) is 5.75 Å². The number of ether oxygens (including phenoxy) is 2. The van der Waals surface area contributed by atoms with Crippen molar-refractivity contribution in [3.63, 3.8) is 0 Å². The summed E-state index contributed by atoms with van der Waals surface area (Å²) >= 11 is 5.82. The van der Waals surface area contributed by atoms with E-state index in [0.29, 0.717) is 17.0 Å². The van der Waals surface area contributed by atoms with Crippen LogP contribution in [-0.4, -0.2) is 23.9 Å². The Morgan fingerprint density at radius 3 is 2.44 bits per heavy atom. The summed E-state index contributed by atoms with van der Waals surface area (Å²) in [5.74, 6) is -1.26. The van der Waals surface area contributed by atoms with E-state index in [-0.39, 0.29) is 10.6 Å². The number of aryl methyl sites for hydroxylation is 1. The largest absolute Gasteiger partial charge is 0.495 e. The number of nitrogens with zero attached hydrogens (tertiary/aromatic N) is 1. The molecule has 0 radical (unpaired) electrons. The molecule has 0 aliphatic carbocycles. The van der Waals surface area contributed by atoms with Crippen molar-refractivity contribution in [2.45, 2.75) is 13.0 Å². The molecule has 0 fully saturated rings. The second kappa shape index (κ2) is 9.93. The van der Waals surface area contributed by atoms with Gasteiger partial charge in [0.1, 0.15) is 11.3 Å². The second-order valence-electron chi connectivity index (χ2n) is 6.81. The maximum atomic E-state index is 13.1. The van der Waals surface area contributed by atoms with E-state index in [1.807, 2.05) is 13.0 Å². The van der Waals surface area contributed by atoms with E-state index in [4.69, 9.17) is 21.1 Å². The zero-order valence-electron chi connectivity index (χ0n) is 17.2. The topological polar surface area (TPSA) is 108 Å². The number of amides is 1. The fraction of sp³-hybridized carbons (Fsp3) is 0.130. The summed E-state index contributed by atoms with van der Waals surface area (Å²) in [5.41, 5.74) is 0.830. The van der Waals surface area contributed by atoms with Gasteiger partial charge in [0, 0.05) is 16.7 Å². The predicted molar refractivity (Wildman–Crippen MR) is 119 cm³/mol. The average Bonchev–Trinajstić information content (AvgIpc) is 2.77. The third-order valence-electron chi connectivity index (χ3n) is 4.55. The van der Waals surface area contributed by atoms with E-state index in [1.165, 1.54) is 19.2 Å². The summed E-state index contributed by atoms with van der Waals surface area (Å²) < 4.78 is 10.7. The van der Waals surface area contributed by atoms with Gasteiger partial charge in [-0.1, -0.05) is 48.0 Å². The van der Waals surface area contributed by atoms with Gasteiger partial charge >= 0.3 is 5.97 Å². The number of carbonyl (C=O) groups excluding carboxylic acids is 2. The van der Waals surface area contributed by atoms with Crippen molar-refractivity contribution in [2.24, 2.45) is 0 Å². The van der Waals surface area contributed by atoms with E-state index in [1.54, 1.807) is 42.5 Å². The van der Waals surface area contributed by atoms with Gasteiger partial charge in [-0.25, -0.2) is 4.79 Å². The molecular formula is C23H19ClN2O6. The molecule has 164 valence electrons. The van der Waals surface area contributed by atoms with Crippen LogP contribution in [-0.2, 0) is 9.53 Å². The van der Waals surface area contributed by atoms with Crippen LogP contribution in [0.25, 0.3) is 0 Å². The molecule has 32 heavy (non-hydrogen) atoms. The second-order valence-corrected chi connectivity index (χ2v) is 7.24. The standard InChI is InChI=1S/C23H19ClN2O6/c1-14-8-11-20(31-2)18(12-14)25-22(27)21(15-6-4-3-5-7-15)32-23(28)17-10-9-16(24)13-19(17)26(29)30/h3-13,21H,1-2H3,(H,25,27). The molecule has 3 rings (SSSR count). The van der Waals surface area contributed by atoms with Crippen molar-refractivity contribution in [1.82, 2.24) is 0 Å². The minimum atomic E-state index is -1.37. The molecule has 1 N–H and O–H groups in total. The fourth-order valence-electron chi connectivity index (χ4n) is 3.02. The number of hydrogen-bond donors (Lipinski definition) is 1. The lowest BCUT2D eigenvalue weighted by Gasteiger charge is -2.19. The van der Waals surface area contributed by atoms with Gasteiger partial charge in [-0.2, -0.15) is 0 Å². The molecule has 0 aliphatic heterocycles. The average molecular weight is 455 g/mol. The number of nitro groups is 1. The quantitative estimate of drug-likeness (QED) is 0.302. The number of nitro benzene ring substituents is 1. The predicted octanol–water partition coefficient (Wildman–Crippen LogP) is 5.10. The summed E-state index contributed by atoms with van der Waals surface area (Å²) in [6, 6.07) is 17.1. The van der Waals surface area contributed by atoms with Gasteiger partial charge in [0.25, 0.3) is 11.6 Å². The number of nitrogens with one attached hydrogen (secondary N) is 1. The number of rotatable bonds is 7. The van der Waals surface area contributed by atoms with E-state index < -0.39 is 28.6 Å². The lowest BCUT2D eigenvalue weighted by molar-refractivity contribution is -0.385. The van der Waals surface area contributed by atoms with Crippen molar-refractivity contribution in [2.75, 3.05) is 12.4 Å². The summed E-state index contributed by atoms with van der Waals surface area (Å²) in [6.07, 6.45) is -1.37. The molecule has 1 atom stereocenters. The fourth-order valence-corrected chi connectivity index (χ4v) is 3.18. The van der Waals surface area contributed by atoms with Crippen LogP contribution in [0.1, 0.15) is 27.6 Å². The van der Waals surface area contributed by atoms with Crippen LogP contribution in [0.5, 0.6) is 5.75 Å². The molecule has 0 aliphatic rings. The highest BCUT2D eigenvalue weighted by Gasteiger charge is 2.30. The van der Waals surface area contributed by atoms with E-state index in [9.17, 15) is 19.7 Å². The van der Waals surface area contributed by atoms with Gasteiger partial charge < -0.3 is 14.8 Å². The van der Waals surface area contributed by atoms with Crippen molar-refractivity contribution in [1.29, 1.82) is 0 Å². The van der Waals surface area contributed by atoms with Crippen LogP contribution in [0.15, 0.2) is 66.7 Å². The first kappa shape index (κ1) is 22.8. The van der Waals surface area contributed by atoms with Gasteiger partial charge in [-0.3, -0.25) is 14.9 Å². The SMILES string of the molecule is COc1ccc(C)cc1NC(=O)C(OC(=O)c1ccc(Cl)cc1[N+](=O)[O-])c1ccccc1. The molecule has 3 aromatic rings. The van der Waals surface area contributed by atoms with Gasteiger partial charge in [-0.15, -0.1) is 0 Å². The number of halogens is 1. The summed E-state index contributed by atoms with van der Waals surface area (Å²) in [6.45, 7) is 1.85. The number of anilines is 1. The molecular weight excluding hydrogens is 436 g/mol. The maximum Gasteiger partial charge on any atom is 0.346 e. The van der Waals surface area contributed by atoms with Crippen LogP contribution >= 0.6 is 11.6 Å². The normalized spacial score (nSPS) is 11.3. The number of benzene rings is 3. The van der Waals surface area contributed by atoms with Crippen molar-refractivity contribution >= 4 is 34.9 Å². The van der Waals surface area contributed by atoms with Crippen LogP contribution in [0.3, 0.4) is 0 Å². The van der Waals surface area contributed by atoms with E-state index in [2.05, 4.69) is 5.32 Å². The lowest BCUT2D eigenvalue weighted by Crippen LogP contribution is -2.26. The molecule has 0 heterocycles. The Morgan fingerprint density at radius 1 is 1.06 bits per heavy atom. The zero-order chi connectivity index (χ0) is 23.3. The molecule has 8 nitrogen and oxygen atoms in total. The van der Waals surface area contributed by atoms with Crippen LogP contribution in [0, 0.1) is 17.0 Å². The van der Waals surface area contributed by atoms with Gasteiger partial charge in [-0.05, 0) is 36.8 Å². The minimum absolute atomic E-state index is 0.0946. The first-order chi connectivity index (χ1) is 15.3. The summed E-state index contributed by atoms with van der Waals surface area (Å²) in [4.78, 5) is 36.6. The third kappa shape index (κ3) is 5.22. The molecule has 0 saturated heterocycles. The molecule has 0 spiro atoms. The van der Waals surface area contributed by atoms with E-state index >= 15 is 0 Å². The Kier molecular flexibility index (Phi) is 7.07. The Balaban J connectivity index is 1.95. The first-order valence-corrected chi connectivity index (χ1v) is 9.83. The molecule has 3 aromatic carbocycles.